The van der Waals surface area contributed by atoms with E-state index >= 15 is 0 Å². The Bertz CT molecular complexity index is 1100. The van der Waals surface area contributed by atoms with Gasteiger partial charge in [0.2, 0.25) is 5.91 Å². The van der Waals surface area contributed by atoms with Gasteiger partial charge in [-0.05, 0) is 30.7 Å². The third-order valence-electron chi connectivity index (χ3n) is 4.22. The first-order valence-corrected chi connectivity index (χ1v) is 9.75. The Morgan fingerprint density at radius 1 is 1.19 bits per heavy atom. The van der Waals surface area contributed by atoms with Gasteiger partial charge < -0.3 is 15.7 Å². The Balaban J connectivity index is 1.73. The second-order valence-corrected chi connectivity index (χ2v) is 7.36. The van der Waals surface area contributed by atoms with Crippen molar-refractivity contribution in [1.29, 1.82) is 0 Å². The van der Waals surface area contributed by atoms with Crippen molar-refractivity contribution in [2.75, 3.05) is 17.2 Å². The molecule has 0 aliphatic rings. The van der Waals surface area contributed by atoms with Crippen LogP contribution in [0.5, 0.6) is 5.75 Å². The standard InChI is InChI=1S/C20H17Cl2F2N5O2/c1-11-5-7-26-19(17(11)22)29-16(30)9-13-18(31)12(21)8-15(28-13)27-10-20(23,24)14-4-2-3-6-25-14/h2-8,31H,9-10H2,1H3,(H,27,28)(H,26,29,30). The van der Waals surface area contributed by atoms with Crippen LogP contribution in [-0.2, 0) is 17.1 Å². The molecule has 0 fully saturated rings. The molecule has 3 heterocycles. The molecule has 0 atom stereocenters. The number of nitrogens with one attached hydrogen (secondary N) is 2. The molecule has 3 aromatic rings. The van der Waals surface area contributed by atoms with E-state index in [1.165, 1.54) is 36.7 Å². The summed E-state index contributed by atoms with van der Waals surface area (Å²) in [6.45, 7) is 0.940. The van der Waals surface area contributed by atoms with E-state index in [0.29, 0.717) is 0 Å². The molecule has 1 amide bonds. The lowest BCUT2D eigenvalue weighted by Crippen LogP contribution is -2.26. The van der Waals surface area contributed by atoms with Crippen LogP contribution in [0.4, 0.5) is 20.4 Å². The number of alkyl halides is 2. The number of aromatic nitrogens is 3. The molecule has 0 saturated carbocycles. The minimum absolute atomic E-state index is 0.0343. The predicted molar refractivity (Wildman–Crippen MR) is 114 cm³/mol. The van der Waals surface area contributed by atoms with Crippen LogP contribution in [0, 0.1) is 6.92 Å². The maximum absolute atomic E-state index is 14.3. The van der Waals surface area contributed by atoms with Gasteiger partial charge in [0.15, 0.2) is 11.6 Å². The SMILES string of the molecule is Cc1ccnc(NC(=O)Cc2nc(NCC(F)(F)c3ccccn3)cc(Cl)c2O)c1Cl. The van der Waals surface area contributed by atoms with Gasteiger partial charge in [-0.3, -0.25) is 9.78 Å². The van der Waals surface area contributed by atoms with E-state index in [4.69, 9.17) is 23.2 Å². The van der Waals surface area contributed by atoms with Crippen molar-refractivity contribution < 1.29 is 18.7 Å². The summed E-state index contributed by atoms with van der Waals surface area (Å²) in [4.78, 5) is 24.1. The zero-order valence-corrected chi connectivity index (χ0v) is 17.7. The van der Waals surface area contributed by atoms with Crippen LogP contribution in [0.2, 0.25) is 10.0 Å². The number of halogens is 4. The van der Waals surface area contributed by atoms with E-state index < -0.39 is 29.8 Å². The van der Waals surface area contributed by atoms with Gasteiger partial charge in [-0.25, -0.2) is 9.97 Å². The van der Waals surface area contributed by atoms with Gasteiger partial charge >= 0.3 is 5.92 Å². The molecule has 0 aromatic carbocycles. The van der Waals surface area contributed by atoms with Crippen LogP contribution < -0.4 is 10.6 Å². The van der Waals surface area contributed by atoms with Crippen LogP contribution in [0.1, 0.15) is 17.0 Å². The summed E-state index contributed by atoms with van der Waals surface area (Å²) >= 11 is 12.1. The highest BCUT2D eigenvalue weighted by Crippen LogP contribution is 2.31. The van der Waals surface area contributed by atoms with Crippen molar-refractivity contribution in [2.45, 2.75) is 19.3 Å². The first-order valence-electron chi connectivity index (χ1n) is 9.00. The molecule has 3 rings (SSSR count). The van der Waals surface area contributed by atoms with Gasteiger partial charge in [-0.2, -0.15) is 8.78 Å². The number of carbonyl (C=O) groups excluding carboxylic acids is 1. The summed E-state index contributed by atoms with van der Waals surface area (Å²) in [7, 11) is 0. The molecule has 31 heavy (non-hydrogen) atoms. The molecule has 0 bridgehead atoms. The normalized spacial score (nSPS) is 11.3. The summed E-state index contributed by atoms with van der Waals surface area (Å²) in [6, 6.07) is 7.06. The van der Waals surface area contributed by atoms with Crippen molar-refractivity contribution >= 4 is 40.7 Å². The fourth-order valence-electron chi connectivity index (χ4n) is 2.60. The fraction of sp³-hybridized carbons (Fsp3) is 0.200. The number of amides is 1. The van der Waals surface area contributed by atoms with Crippen LogP contribution in [0.15, 0.2) is 42.7 Å². The summed E-state index contributed by atoms with van der Waals surface area (Å²) in [5.41, 5.74) is 0.211. The number of aryl methyl sites for hydroxylation is 1. The molecule has 3 N–H and O–H groups in total. The first-order chi connectivity index (χ1) is 14.7. The number of rotatable bonds is 7. The average Bonchev–Trinajstić information content (AvgIpc) is 2.74. The zero-order chi connectivity index (χ0) is 22.6. The number of aromatic hydroxyl groups is 1. The molecule has 0 spiro atoms. The molecule has 3 aromatic heterocycles. The van der Waals surface area contributed by atoms with Crippen molar-refractivity contribution in [1.82, 2.24) is 15.0 Å². The summed E-state index contributed by atoms with van der Waals surface area (Å²) in [5.74, 6) is -4.16. The molecule has 0 unspecified atom stereocenters. The smallest absolute Gasteiger partial charge is 0.306 e. The van der Waals surface area contributed by atoms with E-state index in [-0.39, 0.29) is 33.8 Å². The minimum atomic E-state index is -3.28. The molecule has 11 heteroatoms. The summed E-state index contributed by atoms with van der Waals surface area (Å²) < 4.78 is 28.7. The zero-order valence-electron chi connectivity index (χ0n) is 16.2. The minimum Gasteiger partial charge on any atom is -0.505 e. The Hall–Kier alpha value is -3.04. The number of anilines is 2. The first kappa shape index (κ1) is 22.6. The highest BCUT2D eigenvalue weighted by atomic mass is 35.5. The van der Waals surface area contributed by atoms with Crippen LogP contribution in [-0.4, -0.2) is 32.5 Å². The molecule has 7 nitrogen and oxygen atoms in total. The summed E-state index contributed by atoms with van der Waals surface area (Å²) in [6.07, 6.45) is 2.37. The third-order valence-corrected chi connectivity index (χ3v) is 4.98. The van der Waals surface area contributed by atoms with Crippen molar-refractivity contribution in [2.24, 2.45) is 0 Å². The Morgan fingerprint density at radius 2 is 1.97 bits per heavy atom. The molecule has 0 radical (unpaired) electrons. The quantitative estimate of drug-likeness (QED) is 0.470. The number of hydrogen-bond acceptors (Lipinski definition) is 6. The predicted octanol–water partition coefficient (Wildman–Crippen LogP) is 4.58. The molecular formula is C20H17Cl2F2N5O2. The van der Waals surface area contributed by atoms with Gasteiger partial charge in [0.25, 0.3) is 0 Å². The highest BCUT2D eigenvalue weighted by molar-refractivity contribution is 6.34. The lowest BCUT2D eigenvalue weighted by Gasteiger charge is -2.17. The third kappa shape index (κ3) is 5.56. The van der Waals surface area contributed by atoms with E-state index in [1.54, 1.807) is 13.0 Å². The molecule has 0 aliphatic heterocycles. The number of nitrogens with zero attached hydrogens (tertiary/aromatic N) is 3. The van der Waals surface area contributed by atoms with E-state index in [2.05, 4.69) is 25.6 Å². The Morgan fingerprint density at radius 3 is 2.68 bits per heavy atom. The summed E-state index contributed by atoms with van der Waals surface area (Å²) in [5, 5.41) is 15.3. The topological polar surface area (TPSA) is 100 Å². The Kier molecular flexibility index (Phi) is 6.87. The molecule has 0 saturated heterocycles. The fourth-order valence-corrected chi connectivity index (χ4v) is 2.97. The van der Waals surface area contributed by atoms with Crippen molar-refractivity contribution in [3.05, 3.63) is 69.7 Å². The van der Waals surface area contributed by atoms with Crippen LogP contribution in [0.25, 0.3) is 0 Å². The average molecular weight is 468 g/mol. The monoisotopic (exact) mass is 467 g/mol. The van der Waals surface area contributed by atoms with E-state index in [1.807, 2.05) is 0 Å². The number of pyridine rings is 3. The van der Waals surface area contributed by atoms with Gasteiger partial charge in [0, 0.05) is 18.5 Å². The van der Waals surface area contributed by atoms with Crippen LogP contribution in [0.3, 0.4) is 0 Å². The van der Waals surface area contributed by atoms with Crippen molar-refractivity contribution in [3.63, 3.8) is 0 Å². The lowest BCUT2D eigenvalue weighted by atomic mass is 10.2. The lowest BCUT2D eigenvalue weighted by molar-refractivity contribution is -0.115. The van der Waals surface area contributed by atoms with E-state index in [0.717, 1.165) is 5.56 Å². The maximum atomic E-state index is 14.3. The van der Waals surface area contributed by atoms with Crippen molar-refractivity contribution in [3.8, 4) is 5.75 Å². The molecular weight excluding hydrogens is 451 g/mol. The number of hydrogen-bond donors (Lipinski definition) is 3. The second kappa shape index (κ2) is 9.40. The van der Waals surface area contributed by atoms with Gasteiger partial charge in [-0.1, -0.05) is 29.3 Å². The molecule has 162 valence electrons. The Labute approximate surface area is 186 Å². The van der Waals surface area contributed by atoms with E-state index in [9.17, 15) is 18.7 Å². The van der Waals surface area contributed by atoms with Gasteiger partial charge in [0.1, 0.15) is 11.5 Å². The largest absolute Gasteiger partial charge is 0.505 e. The van der Waals surface area contributed by atoms with Crippen LogP contribution >= 0.6 is 23.2 Å². The van der Waals surface area contributed by atoms with Gasteiger partial charge in [-0.15, -0.1) is 0 Å². The maximum Gasteiger partial charge on any atom is 0.306 e. The highest BCUT2D eigenvalue weighted by Gasteiger charge is 2.33. The number of carbonyl (C=O) groups is 1. The van der Waals surface area contributed by atoms with Gasteiger partial charge in [0.05, 0.1) is 28.7 Å². The second-order valence-electron chi connectivity index (χ2n) is 6.57. The molecule has 0 aliphatic carbocycles.